The van der Waals surface area contributed by atoms with E-state index in [1.807, 2.05) is 0 Å². The summed E-state index contributed by atoms with van der Waals surface area (Å²) in [6.07, 6.45) is 4.02. The first-order valence-electron chi connectivity index (χ1n) is 8.97. The van der Waals surface area contributed by atoms with Crippen molar-refractivity contribution in [2.75, 3.05) is 11.9 Å². The van der Waals surface area contributed by atoms with Crippen molar-refractivity contribution in [2.45, 2.75) is 6.92 Å². The Kier molecular flexibility index (Phi) is 6.02. The van der Waals surface area contributed by atoms with E-state index < -0.39 is 18.0 Å². The number of carbonyl (C=O) groups is 3. The quantitative estimate of drug-likeness (QED) is 0.492. The summed E-state index contributed by atoms with van der Waals surface area (Å²) in [6, 6.07) is 9.51. The molecule has 3 rings (SSSR count). The Morgan fingerprint density at radius 3 is 2.33 bits per heavy atom. The van der Waals surface area contributed by atoms with Crippen LogP contribution in [0.3, 0.4) is 0 Å². The second kappa shape index (κ2) is 8.82. The maximum absolute atomic E-state index is 12.2. The average molecular weight is 406 g/mol. The van der Waals surface area contributed by atoms with Gasteiger partial charge in [-0.1, -0.05) is 30.3 Å². The molecule has 2 amide bonds. The third-order valence-electron chi connectivity index (χ3n) is 4.22. The molecule has 0 radical (unpaired) electrons. The number of carboxylic acids is 2. The smallest absolute Gasteiger partial charge is 0.340 e. The number of amides is 2. The molecule has 30 heavy (non-hydrogen) atoms. The Bertz CT molecular complexity index is 1120. The van der Waals surface area contributed by atoms with Crippen LogP contribution in [0.25, 0.3) is 22.3 Å². The van der Waals surface area contributed by atoms with Gasteiger partial charge in [0.15, 0.2) is 0 Å². The van der Waals surface area contributed by atoms with E-state index in [0.717, 1.165) is 0 Å². The molecule has 0 unspecified atom stereocenters. The molecule has 1 aromatic carbocycles. The van der Waals surface area contributed by atoms with Crippen LogP contribution in [0.15, 0.2) is 55.0 Å². The van der Waals surface area contributed by atoms with Crippen molar-refractivity contribution in [3.63, 3.8) is 0 Å². The Morgan fingerprint density at radius 2 is 1.70 bits per heavy atom. The monoisotopic (exact) mass is 406 g/mol. The van der Waals surface area contributed by atoms with Crippen LogP contribution >= 0.6 is 0 Å². The first-order valence-corrected chi connectivity index (χ1v) is 8.97. The summed E-state index contributed by atoms with van der Waals surface area (Å²) in [5, 5.41) is 24.2. The maximum Gasteiger partial charge on any atom is 0.340 e. The number of nitrogens with zero attached hydrogens (tertiary/aromatic N) is 2. The Morgan fingerprint density at radius 1 is 0.967 bits per heavy atom. The summed E-state index contributed by atoms with van der Waals surface area (Å²) >= 11 is 0. The van der Waals surface area contributed by atoms with Crippen molar-refractivity contribution < 1.29 is 24.6 Å². The van der Waals surface area contributed by atoms with Gasteiger partial charge in [-0.25, -0.2) is 19.4 Å². The number of rotatable bonds is 6. The van der Waals surface area contributed by atoms with Crippen LogP contribution in [0.2, 0.25) is 0 Å². The minimum absolute atomic E-state index is 0.0482. The van der Waals surface area contributed by atoms with Gasteiger partial charge in [-0.3, -0.25) is 10.3 Å². The third kappa shape index (κ3) is 4.25. The molecule has 4 N–H and O–H groups in total. The van der Waals surface area contributed by atoms with E-state index in [1.54, 1.807) is 37.3 Å². The zero-order valence-corrected chi connectivity index (χ0v) is 15.9. The van der Waals surface area contributed by atoms with E-state index in [9.17, 15) is 24.6 Å². The molecular weight excluding hydrogens is 388 g/mol. The minimum Gasteiger partial charge on any atom is -0.478 e. The van der Waals surface area contributed by atoms with Crippen molar-refractivity contribution in [3.05, 3.63) is 66.1 Å². The molecule has 0 atom stereocenters. The molecule has 2 heterocycles. The zero-order chi connectivity index (χ0) is 21.7. The minimum atomic E-state index is -1.29. The lowest BCUT2D eigenvalue weighted by atomic mass is 9.92. The lowest BCUT2D eigenvalue weighted by molar-refractivity contribution is 0.0686. The van der Waals surface area contributed by atoms with E-state index in [2.05, 4.69) is 20.6 Å². The summed E-state index contributed by atoms with van der Waals surface area (Å²) in [4.78, 5) is 43.6. The van der Waals surface area contributed by atoms with Gasteiger partial charge < -0.3 is 15.5 Å². The van der Waals surface area contributed by atoms with Gasteiger partial charge in [0.2, 0.25) is 0 Å². The lowest BCUT2D eigenvalue weighted by Crippen LogP contribution is -2.29. The van der Waals surface area contributed by atoms with Crippen LogP contribution in [-0.4, -0.2) is 44.7 Å². The van der Waals surface area contributed by atoms with Gasteiger partial charge in [-0.2, -0.15) is 0 Å². The van der Waals surface area contributed by atoms with Gasteiger partial charge in [0.05, 0.1) is 5.56 Å². The highest BCUT2D eigenvalue weighted by Crippen LogP contribution is 2.37. The topological polar surface area (TPSA) is 142 Å². The number of anilines is 1. The molecule has 152 valence electrons. The second-order valence-electron chi connectivity index (χ2n) is 6.19. The van der Waals surface area contributed by atoms with Gasteiger partial charge in [-0.15, -0.1) is 0 Å². The number of carbonyl (C=O) groups excluding carboxylic acids is 1. The molecule has 0 bridgehead atoms. The largest absolute Gasteiger partial charge is 0.478 e. The van der Waals surface area contributed by atoms with Crippen LogP contribution < -0.4 is 10.6 Å². The Labute approximate surface area is 171 Å². The van der Waals surface area contributed by atoms with Gasteiger partial charge in [-0.05, 0) is 18.6 Å². The average Bonchev–Trinajstić information content (AvgIpc) is 2.74. The highest BCUT2D eigenvalue weighted by molar-refractivity contribution is 6.07. The molecule has 0 aliphatic rings. The van der Waals surface area contributed by atoms with Crippen LogP contribution in [0.4, 0.5) is 10.6 Å². The highest BCUT2D eigenvalue weighted by Gasteiger charge is 2.24. The van der Waals surface area contributed by atoms with Crippen LogP contribution in [0.5, 0.6) is 0 Å². The molecule has 0 aliphatic heterocycles. The summed E-state index contributed by atoms with van der Waals surface area (Å²) in [5.41, 5.74) is 1.34. The van der Waals surface area contributed by atoms with Gasteiger partial charge in [0, 0.05) is 41.8 Å². The fourth-order valence-electron chi connectivity index (χ4n) is 2.95. The highest BCUT2D eigenvalue weighted by atomic mass is 16.4. The predicted octanol–water partition coefficient (Wildman–Crippen LogP) is 3.35. The lowest BCUT2D eigenvalue weighted by Gasteiger charge is -2.17. The summed E-state index contributed by atoms with van der Waals surface area (Å²) in [7, 11) is 0. The molecular formula is C21H18N4O5. The first kappa shape index (κ1) is 20.5. The fraction of sp³-hybridized carbons (Fsp3) is 0.0952. The number of carboxylic acid groups (broad SMARTS) is 2. The van der Waals surface area contributed by atoms with Gasteiger partial charge in [0.1, 0.15) is 11.4 Å². The van der Waals surface area contributed by atoms with E-state index in [4.69, 9.17) is 0 Å². The Balaban J connectivity index is 2.29. The molecule has 0 saturated carbocycles. The van der Waals surface area contributed by atoms with Crippen LogP contribution in [0.1, 0.15) is 27.6 Å². The normalized spacial score (nSPS) is 10.3. The number of hydrogen-bond acceptors (Lipinski definition) is 5. The van der Waals surface area contributed by atoms with Gasteiger partial charge >= 0.3 is 18.0 Å². The zero-order valence-electron chi connectivity index (χ0n) is 15.9. The van der Waals surface area contributed by atoms with E-state index in [0.29, 0.717) is 23.2 Å². The van der Waals surface area contributed by atoms with Crippen molar-refractivity contribution in [1.82, 2.24) is 15.3 Å². The van der Waals surface area contributed by atoms with Crippen LogP contribution in [-0.2, 0) is 0 Å². The number of aromatic carboxylic acids is 2. The molecule has 9 heteroatoms. The van der Waals surface area contributed by atoms with Crippen molar-refractivity contribution >= 4 is 23.8 Å². The molecule has 0 fully saturated rings. The van der Waals surface area contributed by atoms with Crippen molar-refractivity contribution in [3.8, 4) is 22.3 Å². The third-order valence-corrected chi connectivity index (χ3v) is 4.22. The number of hydrogen-bond donors (Lipinski definition) is 4. The van der Waals surface area contributed by atoms with Crippen molar-refractivity contribution in [2.24, 2.45) is 0 Å². The number of benzene rings is 1. The standard InChI is InChI=1S/C21H18N4O5/c1-2-23-21(30)25-18-17(20(28)29)16(12-6-4-3-5-7-12)15(11-24-18)13-8-14(19(26)27)10-22-9-13/h3-11H,2H2,1H3,(H,26,27)(H,28,29)(H2,23,24,25,30). The van der Waals surface area contributed by atoms with E-state index >= 15 is 0 Å². The fourth-order valence-corrected chi connectivity index (χ4v) is 2.95. The number of nitrogens with one attached hydrogen (secondary N) is 2. The summed E-state index contributed by atoms with van der Waals surface area (Å²) in [6.45, 7) is 2.08. The van der Waals surface area contributed by atoms with Gasteiger partial charge in [0.25, 0.3) is 0 Å². The number of urea groups is 1. The van der Waals surface area contributed by atoms with Crippen molar-refractivity contribution in [1.29, 1.82) is 0 Å². The molecule has 0 aliphatic carbocycles. The second-order valence-corrected chi connectivity index (χ2v) is 6.19. The first-order chi connectivity index (χ1) is 14.4. The molecule has 3 aromatic rings. The molecule has 0 spiro atoms. The van der Waals surface area contributed by atoms with E-state index in [1.165, 1.54) is 24.7 Å². The SMILES string of the molecule is CCNC(=O)Nc1ncc(-c2cncc(C(=O)O)c2)c(-c2ccccc2)c1C(=O)O. The summed E-state index contributed by atoms with van der Waals surface area (Å²) < 4.78 is 0. The molecule has 2 aromatic heterocycles. The number of pyridine rings is 2. The maximum atomic E-state index is 12.2. The molecule has 9 nitrogen and oxygen atoms in total. The van der Waals surface area contributed by atoms with E-state index in [-0.39, 0.29) is 22.5 Å². The predicted molar refractivity (Wildman–Crippen MR) is 110 cm³/mol. The summed E-state index contributed by atoms with van der Waals surface area (Å²) in [5.74, 6) is -2.58. The van der Waals surface area contributed by atoms with Crippen LogP contribution in [0, 0.1) is 0 Å². The Hall–Kier alpha value is -4.27. The molecule has 0 saturated heterocycles. The number of aromatic nitrogens is 2.